The molecule has 0 spiro atoms. The summed E-state index contributed by atoms with van der Waals surface area (Å²) in [6, 6.07) is 22.6. The number of amides is 2. The topological polar surface area (TPSA) is 80.8 Å². The van der Waals surface area contributed by atoms with E-state index >= 15 is 0 Å². The zero-order chi connectivity index (χ0) is 25.2. The van der Waals surface area contributed by atoms with Crippen molar-refractivity contribution in [3.8, 4) is 0 Å². The van der Waals surface area contributed by atoms with Crippen molar-refractivity contribution in [1.29, 1.82) is 0 Å². The van der Waals surface area contributed by atoms with Gasteiger partial charge in [-0.15, -0.1) is 0 Å². The van der Waals surface area contributed by atoms with Gasteiger partial charge in [-0.3, -0.25) is 19.3 Å². The minimum absolute atomic E-state index is 0.180. The number of carbonyl (C=O) groups is 4. The Morgan fingerprint density at radius 2 is 1.44 bits per heavy atom. The second-order valence-corrected chi connectivity index (χ2v) is 9.64. The maximum absolute atomic E-state index is 13.2. The highest BCUT2D eigenvalue weighted by Gasteiger charge is 2.50. The molecular weight excluding hydrogens is 478 g/mol. The average molecular weight is 502 g/mol. The van der Waals surface area contributed by atoms with E-state index in [1.165, 1.54) is 22.6 Å². The monoisotopic (exact) mass is 501 g/mol. The van der Waals surface area contributed by atoms with E-state index in [1.807, 2.05) is 18.2 Å². The zero-order valence-electron chi connectivity index (χ0n) is 19.4. The number of anilines is 1. The predicted molar refractivity (Wildman–Crippen MR) is 135 cm³/mol. The van der Waals surface area contributed by atoms with Gasteiger partial charge in [-0.2, -0.15) is 0 Å². The van der Waals surface area contributed by atoms with Gasteiger partial charge in [0.25, 0.3) is 0 Å². The van der Waals surface area contributed by atoms with Gasteiger partial charge in [-0.25, -0.2) is 4.79 Å². The molecule has 1 saturated heterocycles. The zero-order valence-corrected chi connectivity index (χ0v) is 20.2. The predicted octanol–water partition coefficient (Wildman–Crippen LogP) is 5.45. The molecule has 2 fully saturated rings. The second-order valence-electron chi connectivity index (χ2n) is 9.20. The number of rotatable bonds is 6. The third-order valence-electron chi connectivity index (χ3n) is 7.06. The highest BCUT2D eigenvalue weighted by molar-refractivity contribution is 6.30. The first-order chi connectivity index (χ1) is 17.4. The first kappa shape index (κ1) is 23.9. The summed E-state index contributed by atoms with van der Waals surface area (Å²) in [6.07, 6.45) is 2.21. The first-order valence-corrected chi connectivity index (χ1v) is 12.3. The van der Waals surface area contributed by atoms with Crippen molar-refractivity contribution in [2.75, 3.05) is 11.5 Å². The number of Topliss-reactive ketones (excluding diaryl/α,β-unsaturated/α-hetero) is 1. The fraction of sp³-hybridized carbons (Fsp3) is 0.241. The van der Waals surface area contributed by atoms with Crippen LogP contribution in [0.25, 0.3) is 0 Å². The average Bonchev–Trinajstić information content (AvgIpc) is 3.17. The van der Waals surface area contributed by atoms with E-state index in [0.717, 1.165) is 6.42 Å². The minimum Gasteiger partial charge on any atom is -0.454 e. The molecule has 0 N–H and O–H groups in total. The third-order valence-corrected chi connectivity index (χ3v) is 7.31. The number of imide groups is 1. The van der Waals surface area contributed by atoms with Crippen LogP contribution in [0.3, 0.4) is 0 Å². The summed E-state index contributed by atoms with van der Waals surface area (Å²) >= 11 is 5.83. The summed E-state index contributed by atoms with van der Waals surface area (Å²) in [4.78, 5) is 52.3. The maximum atomic E-state index is 13.2. The fourth-order valence-electron chi connectivity index (χ4n) is 5.14. The Morgan fingerprint density at radius 1 is 0.806 bits per heavy atom. The van der Waals surface area contributed by atoms with E-state index in [0.29, 0.717) is 29.1 Å². The Morgan fingerprint density at radius 3 is 2.14 bits per heavy atom. The molecule has 6 nitrogen and oxygen atoms in total. The quantitative estimate of drug-likeness (QED) is 0.255. The van der Waals surface area contributed by atoms with Gasteiger partial charge >= 0.3 is 5.97 Å². The van der Waals surface area contributed by atoms with E-state index in [-0.39, 0.29) is 40.9 Å². The standard InChI is InChI=1S/C29H24ClNO5/c30-22-11-6-19(7-12-22)26(32)17-36-29(35)20-8-13-23(14-9-20)31-27(33)24-15-10-21(16-25(24)28(31)34)18-4-2-1-3-5-18/h1-9,11-14,21,24-25H,10,15-17H2/t21-,24+,25+/m0/s1. The van der Waals surface area contributed by atoms with Crippen molar-refractivity contribution < 1.29 is 23.9 Å². The van der Waals surface area contributed by atoms with Crippen LogP contribution in [0.2, 0.25) is 5.02 Å². The van der Waals surface area contributed by atoms with Crippen molar-refractivity contribution >= 4 is 40.9 Å². The van der Waals surface area contributed by atoms with Gasteiger partial charge in [-0.05, 0) is 79.3 Å². The van der Waals surface area contributed by atoms with E-state index in [2.05, 4.69) is 12.1 Å². The van der Waals surface area contributed by atoms with Crippen LogP contribution >= 0.6 is 11.6 Å². The van der Waals surface area contributed by atoms with Crippen molar-refractivity contribution in [1.82, 2.24) is 0 Å². The molecule has 5 rings (SSSR count). The smallest absolute Gasteiger partial charge is 0.338 e. The summed E-state index contributed by atoms with van der Waals surface area (Å²) < 4.78 is 5.14. The lowest BCUT2D eigenvalue weighted by Crippen LogP contribution is -2.30. The third kappa shape index (κ3) is 4.69. The van der Waals surface area contributed by atoms with Gasteiger partial charge in [0.2, 0.25) is 11.8 Å². The molecule has 3 aromatic rings. The number of ketones is 1. The summed E-state index contributed by atoms with van der Waals surface area (Å²) in [5, 5.41) is 0.508. The maximum Gasteiger partial charge on any atom is 0.338 e. The molecule has 0 unspecified atom stereocenters. The highest BCUT2D eigenvalue weighted by Crippen LogP contribution is 2.45. The molecule has 3 atom stereocenters. The first-order valence-electron chi connectivity index (χ1n) is 11.9. The molecule has 1 heterocycles. The number of fused-ring (bicyclic) bond motifs is 1. The van der Waals surface area contributed by atoms with Crippen molar-refractivity contribution in [3.05, 3.63) is 101 Å². The number of hydrogen-bond donors (Lipinski definition) is 0. The van der Waals surface area contributed by atoms with E-state index in [4.69, 9.17) is 16.3 Å². The Bertz CT molecular complexity index is 1300. The number of carbonyl (C=O) groups excluding carboxylic acids is 4. The molecule has 36 heavy (non-hydrogen) atoms. The molecule has 0 aromatic heterocycles. The van der Waals surface area contributed by atoms with Gasteiger partial charge in [0.15, 0.2) is 12.4 Å². The molecule has 1 aliphatic heterocycles. The van der Waals surface area contributed by atoms with Gasteiger partial charge < -0.3 is 4.74 Å². The molecular formula is C29H24ClNO5. The van der Waals surface area contributed by atoms with Crippen molar-refractivity contribution in [2.24, 2.45) is 11.8 Å². The van der Waals surface area contributed by atoms with Crippen LogP contribution in [0.1, 0.15) is 51.5 Å². The number of hydrogen-bond acceptors (Lipinski definition) is 5. The summed E-state index contributed by atoms with van der Waals surface area (Å²) in [6.45, 7) is -0.406. The van der Waals surface area contributed by atoms with E-state index in [1.54, 1.807) is 36.4 Å². The van der Waals surface area contributed by atoms with Crippen LogP contribution < -0.4 is 4.90 Å². The molecule has 2 aliphatic rings. The molecule has 3 aromatic carbocycles. The van der Waals surface area contributed by atoms with E-state index < -0.39 is 12.6 Å². The number of esters is 1. The fourth-order valence-corrected chi connectivity index (χ4v) is 5.27. The van der Waals surface area contributed by atoms with Crippen LogP contribution in [0, 0.1) is 11.8 Å². The summed E-state index contributed by atoms with van der Waals surface area (Å²) in [5.74, 6) is -1.75. The number of ether oxygens (including phenoxy) is 1. The Kier molecular flexibility index (Phi) is 6.70. The molecule has 1 saturated carbocycles. The number of benzene rings is 3. The highest BCUT2D eigenvalue weighted by atomic mass is 35.5. The van der Waals surface area contributed by atoms with Crippen LogP contribution in [-0.2, 0) is 14.3 Å². The lowest BCUT2D eigenvalue weighted by atomic mass is 9.73. The summed E-state index contributed by atoms with van der Waals surface area (Å²) in [5.41, 5.74) is 2.25. The van der Waals surface area contributed by atoms with Gasteiger partial charge in [-0.1, -0.05) is 41.9 Å². The number of nitrogens with zero attached hydrogens (tertiary/aromatic N) is 1. The molecule has 0 bridgehead atoms. The van der Waals surface area contributed by atoms with Crippen LogP contribution in [0.15, 0.2) is 78.9 Å². The van der Waals surface area contributed by atoms with Crippen LogP contribution in [-0.4, -0.2) is 30.2 Å². The normalized spacial score (nSPS) is 21.2. The molecule has 1 aliphatic carbocycles. The van der Waals surface area contributed by atoms with Crippen LogP contribution in [0.4, 0.5) is 5.69 Å². The molecule has 182 valence electrons. The minimum atomic E-state index is -0.665. The molecule has 7 heteroatoms. The number of halogens is 1. The lowest BCUT2D eigenvalue weighted by molar-refractivity contribution is -0.122. The Labute approximate surface area is 213 Å². The molecule has 2 amide bonds. The Balaban J connectivity index is 1.23. The Hall–Kier alpha value is -3.77. The van der Waals surface area contributed by atoms with Gasteiger partial charge in [0.1, 0.15) is 0 Å². The van der Waals surface area contributed by atoms with Gasteiger partial charge in [0, 0.05) is 10.6 Å². The van der Waals surface area contributed by atoms with Crippen molar-refractivity contribution in [3.63, 3.8) is 0 Å². The van der Waals surface area contributed by atoms with E-state index in [9.17, 15) is 19.2 Å². The largest absolute Gasteiger partial charge is 0.454 e. The molecule has 0 radical (unpaired) electrons. The SMILES string of the molecule is O=C(COC(=O)c1ccc(N2C(=O)[C@@H]3CC[C@H](c4ccccc4)C[C@H]3C2=O)cc1)c1ccc(Cl)cc1. The lowest BCUT2D eigenvalue weighted by Gasteiger charge is -2.28. The van der Waals surface area contributed by atoms with Gasteiger partial charge in [0.05, 0.1) is 23.1 Å². The second kappa shape index (κ2) is 10.1. The van der Waals surface area contributed by atoms with Crippen molar-refractivity contribution in [2.45, 2.75) is 25.2 Å². The summed E-state index contributed by atoms with van der Waals surface area (Å²) in [7, 11) is 0. The van der Waals surface area contributed by atoms with Crippen LogP contribution in [0.5, 0.6) is 0 Å².